The monoisotopic (exact) mass is 171 g/mol. The van der Waals surface area contributed by atoms with E-state index in [2.05, 4.69) is 6.58 Å². The van der Waals surface area contributed by atoms with E-state index in [9.17, 15) is 9.59 Å². The summed E-state index contributed by atoms with van der Waals surface area (Å²) < 4.78 is 0. The molecule has 1 amide bonds. The number of hydrogen-bond donors (Lipinski definition) is 1. The molecule has 3 nitrogen and oxygen atoms in total. The molecule has 12 heavy (non-hydrogen) atoms. The average molecular weight is 171 g/mol. The molecule has 0 atom stereocenters. The first-order chi connectivity index (χ1) is 5.20. The molecular weight excluding hydrogens is 154 g/mol. The number of rotatable bonds is 1. The van der Waals surface area contributed by atoms with Gasteiger partial charge in [-0.05, 0) is 6.92 Å². The van der Waals surface area contributed by atoms with Crippen molar-refractivity contribution in [3.05, 3.63) is 12.2 Å². The molecule has 2 N–H and O–H groups in total. The first-order valence-electron chi connectivity index (χ1n) is 3.62. The van der Waals surface area contributed by atoms with E-state index in [4.69, 9.17) is 5.73 Å². The van der Waals surface area contributed by atoms with Crippen molar-refractivity contribution in [2.75, 3.05) is 0 Å². The predicted octanol–water partition coefficient (Wildman–Crippen LogP) is 1.28. The standard InChI is InChI=1S/C5H10O.C4H7NO/c1-5(2,3)4-6;1-3(2)4(5)6/h4H,1-3H3;1H2,2H3,(H2,5,6). The summed E-state index contributed by atoms with van der Waals surface area (Å²) in [5.41, 5.74) is 4.96. The lowest BCUT2D eigenvalue weighted by atomic mass is 10.0. The largest absolute Gasteiger partial charge is 0.366 e. The number of primary amides is 1. The Morgan fingerprint density at radius 2 is 1.58 bits per heavy atom. The van der Waals surface area contributed by atoms with Crippen LogP contribution in [0.5, 0.6) is 0 Å². The van der Waals surface area contributed by atoms with Crippen LogP contribution in [0.4, 0.5) is 0 Å². The summed E-state index contributed by atoms with van der Waals surface area (Å²) in [5.74, 6) is -0.435. The highest BCUT2D eigenvalue weighted by atomic mass is 16.1. The van der Waals surface area contributed by atoms with Crippen LogP contribution in [-0.4, -0.2) is 12.2 Å². The Morgan fingerprint density at radius 1 is 1.42 bits per heavy atom. The van der Waals surface area contributed by atoms with Crippen LogP contribution in [0.1, 0.15) is 27.7 Å². The average Bonchev–Trinajstić information content (AvgIpc) is 1.87. The Labute approximate surface area is 73.6 Å². The molecule has 0 fully saturated rings. The van der Waals surface area contributed by atoms with Gasteiger partial charge in [-0.1, -0.05) is 27.4 Å². The Kier molecular flexibility index (Phi) is 6.20. The van der Waals surface area contributed by atoms with Gasteiger partial charge in [-0.25, -0.2) is 0 Å². The Bertz CT molecular complexity index is 165. The molecule has 0 aromatic rings. The zero-order chi connectivity index (χ0) is 10.4. The van der Waals surface area contributed by atoms with E-state index in [-0.39, 0.29) is 5.41 Å². The van der Waals surface area contributed by atoms with E-state index >= 15 is 0 Å². The lowest BCUT2D eigenvalue weighted by Crippen LogP contribution is -2.10. The number of carbonyl (C=O) groups excluding carboxylic acids is 2. The Balaban J connectivity index is 0. The van der Waals surface area contributed by atoms with E-state index in [0.717, 1.165) is 6.29 Å². The van der Waals surface area contributed by atoms with Crippen LogP contribution in [0, 0.1) is 5.41 Å². The van der Waals surface area contributed by atoms with Crippen molar-refractivity contribution < 1.29 is 9.59 Å². The van der Waals surface area contributed by atoms with Crippen LogP contribution in [0.15, 0.2) is 12.2 Å². The number of hydrogen-bond acceptors (Lipinski definition) is 2. The summed E-state index contributed by atoms with van der Waals surface area (Å²) in [6.45, 7) is 10.5. The van der Waals surface area contributed by atoms with Gasteiger partial charge in [-0.3, -0.25) is 4.79 Å². The second kappa shape index (κ2) is 5.52. The molecule has 0 radical (unpaired) electrons. The quantitative estimate of drug-likeness (QED) is 0.477. The molecule has 0 spiro atoms. The molecule has 70 valence electrons. The van der Waals surface area contributed by atoms with Crippen LogP contribution < -0.4 is 5.73 Å². The van der Waals surface area contributed by atoms with Crippen LogP contribution >= 0.6 is 0 Å². The molecule has 0 aromatic heterocycles. The van der Waals surface area contributed by atoms with Gasteiger partial charge >= 0.3 is 0 Å². The van der Waals surface area contributed by atoms with Crippen molar-refractivity contribution in [2.45, 2.75) is 27.7 Å². The van der Waals surface area contributed by atoms with E-state index in [1.54, 1.807) is 6.92 Å². The molecule has 0 aliphatic heterocycles. The third-order valence-corrected chi connectivity index (χ3v) is 0.774. The molecule has 3 heteroatoms. The maximum atomic E-state index is 9.83. The number of amides is 1. The molecule has 0 saturated heterocycles. The van der Waals surface area contributed by atoms with Gasteiger partial charge in [0.15, 0.2) is 0 Å². The molecule has 0 saturated carbocycles. The zero-order valence-electron chi connectivity index (χ0n) is 8.18. The fraction of sp³-hybridized carbons (Fsp3) is 0.556. The fourth-order valence-corrected chi connectivity index (χ4v) is 0. The molecule has 0 unspecified atom stereocenters. The normalized spacial score (nSPS) is 9.33. The van der Waals surface area contributed by atoms with Gasteiger partial charge in [-0.15, -0.1) is 0 Å². The van der Waals surface area contributed by atoms with Crippen molar-refractivity contribution in [1.82, 2.24) is 0 Å². The molecule has 0 rings (SSSR count). The van der Waals surface area contributed by atoms with E-state index in [0.29, 0.717) is 5.57 Å². The lowest BCUT2D eigenvalue weighted by Gasteiger charge is -2.03. The minimum Gasteiger partial charge on any atom is -0.366 e. The summed E-state index contributed by atoms with van der Waals surface area (Å²) in [4.78, 5) is 19.6. The summed E-state index contributed by atoms with van der Waals surface area (Å²) in [5, 5.41) is 0. The van der Waals surface area contributed by atoms with Gasteiger partial charge in [0, 0.05) is 11.0 Å². The first-order valence-corrected chi connectivity index (χ1v) is 3.62. The van der Waals surface area contributed by atoms with Gasteiger partial charge < -0.3 is 10.5 Å². The van der Waals surface area contributed by atoms with Crippen molar-refractivity contribution in [1.29, 1.82) is 0 Å². The van der Waals surface area contributed by atoms with E-state index < -0.39 is 5.91 Å². The zero-order valence-corrected chi connectivity index (χ0v) is 8.18. The summed E-state index contributed by atoms with van der Waals surface area (Å²) in [6.07, 6.45) is 0.938. The topological polar surface area (TPSA) is 60.2 Å². The van der Waals surface area contributed by atoms with Crippen LogP contribution in [-0.2, 0) is 9.59 Å². The number of aldehydes is 1. The third kappa shape index (κ3) is 15.9. The highest BCUT2D eigenvalue weighted by Crippen LogP contribution is 2.05. The summed E-state index contributed by atoms with van der Waals surface area (Å²) >= 11 is 0. The molecule has 0 heterocycles. The fourth-order valence-electron chi connectivity index (χ4n) is 0. The number of nitrogens with two attached hydrogens (primary N) is 1. The summed E-state index contributed by atoms with van der Waals surface area (Å²) in [7, 11) is 0. The van der Waals surface area contributed by atoms with Crippen molar-refractivity contribution in [3.63, 3.8) is 0 Å². The highest BCUT2D eigenvalue weighted by molar-refractivity contribution is 5.90. The molecule has 0 aromatic carbocycles. The van der Waals surface area contributed by atoms with Crippen LogP contribution in [0.3, 0.4) is 0 Å². The molecular formula is C9H17NO2. The minimum absolute atomic E-state index is 0.139. The molecule has 0 aliphatic rings. The highest BCUT2D eigenvalue weighted by Gasteiger charge is 2.04. The van der Waals surface area contributed by atoms with Gasteiger partial charge in [0.25, 0.3) is 0 Å². The third-order valence-electron chi connectivity index (χ3n) is 0.774. The second-order valence-corrected chi connectivity index (χ2v) is 3.63. The summed E-state index contributed by atoms with van der Waals surface area (Å²) in [6, 6.07) is 0. The second-order valence-electron chi connectivity index (χ2n) is 3.63. The molecule has 0 aliphatic carbocycles. The van der Waals surface area contributed by atoms with Crippen molar-refractivity contribution in [2.24, 2.45) is 11.1 Å². The minimum atomic E-state index is -0.435. The lowest BCUT2D eigenvalue weighted by molar-refractivity contribution is -0.115. The smallest absolute Gasteiger partial charge is 0.243 e. The number of carbonyl (C=O) groups is 2. The van der Waals surface area contributed by atoms with E-state index in [1.807, 2.05) is 20.8 Å². The SMILES string of the molecule is C=C(C)C(N)=O.CC(C)(C)C=O. The van der Waals surface area contributed by atoms with Crippen LogP contribution in [0.25, 0.3) is 0 Å². The van der Waals surface area contributed by atoms with Crippen LogP contribution in [0.2, 0.25) is 0 Å². The maximum absolute atomic E-state index is 9.83. The molecule has 0 bridgehead atoms. The van der Waals surface area contributed by atoms with Gasteiger partial charge in [0.2, 0.25) is 5.91 Å². The Morgan fingerprint density at radius 3 is 1.58 bits per heavy atom. The first kappa shape index (κ1) is 13.5. The maximum Gasteiger partial charge on any atom is 0.243 e. The Hall–Kier alpha value is -1.12. The van der Waals surface area contributed by atoms with Gasteiger partial charge in [-0.2, -0.15) is 0 Å². The van der Waals surface area contributed by atoms with Crippen molar-refractivity contribution >= 4 is 12.2 Å². The van der Waals surface area contributed by atoms with Gasteiger partial charge in [0.05, 0.1) is 0 Å². The predicted molar refractivity (Wildman–Crippen MR) is 49.5 cm³/mol. The van der Waals surface area contributed by atoms with Gasteiger partial charge in [0.1, 0.15) is 6.29 Å². The van der Waals surface area contributed by atoms with E-state index in [1.165, 1.54) is 0 Å². The van der Waals surface area contributed by atoms with Crippen molar-refractivity contribution in [3.8, 4) is 0 Å².